The number of rotatable bonds is 4. The maximum atomic E-state index is 12.7. The van der Waals surface area contributed by atoms with E-state index in [-0.39, 0.29) is 17.9 Å². The van der Waals surface area contributed by atoms with Gasteiger partial charge in [0.2, 0.25) is 5.43 Å². The van der Waals surface area contributed by atoms with Gasteiger partial charge in [0, 0.05) is 24.5 Å². The van der Waals surface area contributed by atoms with Crippen LogP contribution >= 0.6 is 0 Å². The second-order valence-corrected chi connectivity index (χ2v) is 7.51. The molecule has 0 aliphatic carbocycles. The molecule has 0 bridgehead atoms. The molecule has 2 aromatic carbocycles. The van der Waals surface area contributed by atoms with E-state index >= 15 is 0 Å². The van der Waals surface area contributed by atoms with Crippen LogP contribution in [0.5, 0.6) is 0 Å². The van der Waals surface area contributed by atoms with E-state index in [0.29, 0.717) is 24.5 Å². The lowest BCUT2D eigenvalue weighted by Gasteiger charge is -2.27. The van der Waals surface area contributed by atoms with Crippen LogP contribution < -0.4 is 10.3 Å². The van der Waals surface area contributed by atoms with Gasteiger partial charge < -0.3 is 9.64 Å². The molecule has 1 aliphatic rings. The summed E-state index contributed by atoms with van der Waals surface area (Å²) < 4.78 is 8.60. The van der Waals surface area contributed by atoms with Crippen molar-refractivity contribution in [2.24, 2.45) is 0 Å². The summed E-state index contributed by atoms with van der Waals surface area (Å²) in [5.74, 6) is -0.0543. The van der Waals surface area contributed by atoms with Crippen LogP contribution in [0.3, 0.4) is 0 Å². The van der Waals surface area contributed by atoms with Crippen molar-refractivity contribution in [3.05, 3.63) is 88.8 Å². The second-order valence-electron chi connectivity index (χ2n) is 7.51. The van der Waals surface area contributed by atoms with Crippen LogP contribution in [0.25, 0.3) is 22.8 Å². The van der Waals surface area contributed by atoms with Crippen molar-refractivity contribution >= 4 is 11.6 Å². The number of ether oxygens (including phenoxy) is 1. The SMILES string of the molecule is Cc1cc(N2CCOCC2=O)ccc1-n1ccc(=O)c(-c2ccnn2-c2ccccc2)n1. The highest BCUT2D eigenvalue weighted by molar-refractivity contribution is 5.95. The maximum absolute atomic E-state index is 12.7. The molecule has 1 saturated heterocycles. The van der Waals surface area contributed by atoms with Crippen molar-refractivity contribution < 1.29 is 9.53 Å². The van der Waals surface area contributed by atoms with Crippen LogP contribution in [0.1, 0.15) is 5.56 Å². The molecule has 0 N–H and O–H groups in total. The number of aryl methyl sites for hydroxylation is 1. The van der Waals surface area contributed by atoms with Gasteiger partial charge in [0.1, 0.15) is 6.61 Å². The summed E-state index contributed by atoms with van der Waals surface area (Å²) in [5.41, 5.74) is 4.15. The van der Waals surface area contributed by atoms with Crippen LogP contribution in [0, 0.1) is 6.92 Å². The standard InChI is InChI=1S/C24H21N5O3/c1-17-15-19(27-13-14-32-16-23(27)31)7-8-20(17)28-12-10-22(30)24(26-28)21-9-11-25-29(21)18-5-3-2-4-6-18/h2-12,15H,13-14,16H2,1H3. The fourth-order valence-electron chi connectivity index (χ4n) is 3.83. The first-order valence-corrected chi connectivity index (χ1v) is 10.3. The molecule has 4 aromatic rings. The monoisotopic (exact) mass is 427 g/mol. The van der Waals surface area contributed by atoms with Gasteiger partial charge in [-0.2, -0.15) is 10.2 Å². The number of carbonyl (C=O) groups is 1. The van der Waals surface area contributed by atoms with E-state index < -0.39 is 0 Å². The van der Waals surface area contributed by atoms with Gasteiger partial charge in [-0.25, -0.2) is 9.36 Å². The fraction of sp³-hybridized carbons (Fsp3) is 0.167. The summed E-state index contributed by atoms with van der Waals surface area (Å²) in [6.07, 6.45) is 3.30. The first-order chi connectivity index (χ1) is 15.6. The summed E-state index contributed by atoms with van der Waals surface area (Å²) >= 11 is 0. The Morgan fingerprint density at radius 2 is 1.81 bits per heavy atom. The predicted molar refractivity (Wildman–Crippen MR) is 120 cm³/mol. The Labute approximate surface area is 184 Å². The number of hydrogen-bond donors (Lipinski definition) is 0. The van der Waals surface area contributed by atoms with Gasteiger partial charge in [-0.1, -0.05) is 18.2 Å². The summed E-state index contributed by atoms with van der Waals surface area (Å²) in [6, 6.07) is 18.6. The zero-order valence-electron chi connectivity index (χ0n) is 17.5. The second kappa shape index (κ2) is 8.24. The van der Waals surface area contributed by atoms with Gasteiger partial charge in [0.15, 0.2) is 5.69 Å². The van der Waals surface area contributed by atoms with E-state index in [1.807, 2.05) is 55.5 Å². The largest absolute Gasteiger partial charge is 0.370 e. The van der Waals surface area contributed by atoms with Crippen LogP contribution in [0.15, 0.2) is 77.9 Å². The van der Waals surface area contributed by atoms with Crippen LogP contribution in [-0.2, 0) is 9.53 Å². The van der Waals surface area contributed by atoms with Crippen molar-refractivity contribution in [3.8, 4) is 22.8 Å². The maximum Gasteiger partial charge on any atom is 0.253 e. The molecule has 2 aromatic heterocycles. The molecule has 3 heterocycles. The van der Waals surface area contributed by atoms with Crippen molar-refractivity contribution in [2.75, 3.05) is 24.7 Å². The average Bonchev–Trinajstić information content (AvgIpc) is 3.30. The minimum absolute atomic E-state index is 0.0543. The normalized spacial score (nSPS) is 14.0. The zero-order chi connectivity index (χ0) is 22.1. The molecule has 8 nitrogen and oxygen atoms in total. The summed E-state index contributed by atoms with van der Waals surface area (Å²) in [4.78, 5) is 26.6. The quantitative estimate of drug-likeness (QED) is 0.500. The Balaban J connectivity index is 1.54. The van der Waals surface area contributed by atoms with E-state index in [1.54, 1.807) is 32.7 Å². The molecule has 1 fully saturated rings. The lowest BCUT2D eigenvalue weighted by atomic mass is 10.1. The van der Waals surface area contributed by atoms with Crippen LogP contribution in [0.4, 0.5) is 5.69 Å². The van der Waals surface area contributed by atoms with Gasteiger partial charge in [-0.15, -0.1) is 0 Å². The Bertz CT molecular complexity index is 1340. The highest BCUT2D eigenvalue weighted by Gasteiger charge is 2.21. The molecule has 0 saturated carbocycles. The van der Waals surface area contributed by atoms with E-state index in [9.17, 15) is 9.59 Å². The smallest absolute Gasteiger partial charge is 0.253 e. The molecule has 5 rings (SSSR count). The van der Waals surface area contributed by atoms with Crippen molar-refractivity contribution in [1.82, 2.24) is 19.6 Å². The Hall–Kier alpha value is -4.04. The minimum Gasteiger partial charge on any atom is -0.370 e. The predicted octanol–water partition coefficient (Wildman–Crippen LogP) is 2.76. The lowest BCUT2D eigenvalue weighted by molar-refractivity contribution is -0.125. The number of aromatic nitrogens is 4. The number of carbonyl (C=O) groups excluding carboxylic acids is 1. The van der Waals surface area contributed by atoms with Gasteiger partial charge >= 0.3 is 0 Å². The number of anilines is 1. The van der Waals surface area contributed by atoms with Gasteiger partial charge in [0.25, 0.3) is 5.91 Å². The number of para-hydroxylation sites is 1. The lowest BCUT2D eigenvalue weighted by Crippen LogP contribution is -2.41. The molecule has 1 amide bonds. The topological polar surface area (TPSA) is 82.3 Å². The van der Waals surface area contributed by atoms with Crippen LogP contribution in [0.2, 0.25) is 0 Å². The highest BCUT2D eigenvalue weighted by Crippen LogP contribution is 2.24. The molecule has 1 aliphatic heterocycles. The number of nitrogens with zero attached hydrogens (tertiary/aromatic N) is 5. The number of morpholine rings is 1. The molecule has 0 unspecified atom stereocenters. The van der Waals surface area contributed by atoms with Crippen molar-refractivity contribution in [2.45, 2.75) is 6.92 Å². The molecular formula is C24H21N5O3. The first kappa shape index (κ1) is 19.9. The van der Waals surface area contributed by atoms with E-state index in [4.69, 9.17) is 4.74 Å². The minimum atomic E-state index is -0.188. The summed E-state index contributed by atoms with van der Waals surface area (Å²) in [6.45, 7) is 3.10. The number of benzene rings is 2. The molecule has 8 heteroatoms. The third kappa shape index (κ3) is 3.61. The number of amides is 1. The molecule has 0 atom stereocenters. The first-order valence-electron chi connectivity index (χ1n) is 10.3. The van der Waals surface area contributed by atoms with Gasteiger partial charge in [0.05, 0.1) is 29.9 Å². The Morgan fingerprint density at radius 3 is 2.59 bits per heavy atom. The van der Waals surface area contributed by atoms with Crippen molar-refractivity contribution in [3.63, 3.8) is 0 Å². The van der Waals surface area contributed by atoms with E-state index in [2.05, 4.69) is 10.2 Å². The van der Waals surface area contributed by atoms with Crippen molar-refractivity contribution in [1.29, 1.82) is 0 Å². The third-order valence-electron chi connectivity index (χ3n) is 5.42. The molecule has 160 valence electrons. The van der Waals surface area contributed by atoms with Gasteiger partial charge in [-0.05, 0) is 48.9 Å². The molecule has 0 radical (unpaired) electrons. The zero-order valence-corrected chi connectivity index (χ0v) is 17.5. The number of hydrogen-bond acceptors (Lipinski definition) is 5. The molecular weight excluding hydrogens is 406 g/mol. The summed E-state index contributed by atoms with van der Waals surface area (Å²) in [7, 11) is 0. The highest BCUT2D eigenvalue weighted by atomic mass is 16.5. The fourth-order valence-corrected chi connectivity index (χ4v) is 3.83. The van der Waals surface area contributed by atoms with E-state index in [0.717, 1.165) is 22.6 Å². The Kier molecular flexibility index (Phi) is 5.12. The third-order valence-corrected chi connectivity index (χ3v) is 5.42. The average molecular weight is 427 g/mol. The molecule has 0 spiro atoms. The van der Waals surface area contributed by atoms with E-state index in [1.165, 1.54) is 6.07 Å². The molecule has 32 heavy (non-hydrogen) atoms. The summed E-state index contributed by atoms with van der Waals surface area (Å²) in [5, 5.41) is 9.01. The van der Waals surface area contributed by atoms with Crippen LogP contribution in [-0.4, -0.2) is 45.2 Å². The Morgan fingerprint density at radius 1 is 0.969 bits per heavy atom. The van der Waals surface area contributed by atoms with Gasteiger partial charge in [-0.3, -0.25) is 9.59 Å².